The maximum atomic E-state index is 12.0. The predicted molar refractivity (Wildman–Crippen MR) is 193 cm³/mol. The van der Waals surface area contributed by atoms with Gasteiger partial charge in [-0.2, -0.15) is 0 Å². The zero-order chi connectivity index (χ0) is 37.5. The molecule has 290 valence electrons. The van der Waals surface area contributed by atoms with Crippen LogP contribution >= 0.6 is 0 Å². The minimum absolute atomic E-state index is 0.206. The van der Waals surface area contributed by atoms with E-state index in [-0.39, 0.29) is 13.2 Å². The summed E-state index contributed by atoms with van der Waals surface area (Å²) in [7, 11) is 0. The van der Waals surface area contributed by atoms with Crippen molar-refractivity contribution in [2.45, 2.75) is 142 Å². The zero-order valence-corrected chi connectivity index (χ0v) is 31.1. The van der Waals surface area contributed by atoms with Crippen LogP contribution in [0.1, 0.15) is 161 Å². The molecule has 0 aliphatic carbocycles. The number of unbranched alkanes of at least 4 members (excludes halogenated alkanes) is 15. The molecule has 2 aromatic carbocycles. The summed E-state index contributed by atoms with van der Waals surface area (Å²) in [5.74, 6) is -1.52. The van der Waals surface area contributed by atoms with Gasteiger partial charge in [0.25, 0.3) is 0 Å². The van der Waals surface area contributed by atoms with E-state index in [2.05, 4.69) is 43.5 Å². The highest BCUT2D eigenvalue weighted by Crippen LogP contribution is 2.14. The second-order valence-electron chi connectivity index (χ2n) is 12.8. The van der Waals surface area contributed by atoms with Crippen molar-refractivity contribution in [1.29, 1.82) is 0 Å². The molecule has 0 atom stereocenters. The topological polar surface area (TPSA) is 142 Å². The van der Waals surface area contributed by atoms with Crippen LogP contribution < -0.4 is 0 Å². The Kier molecular flexibility index (Phi) is 24.9. The van der Waals surface area contributed by atoms with Gasteiger partial charge in [-0.1, -0.05) is 128 Å². The first-order valence-electron chi connectivity index (χ1n) is 19.0. The lowest BCUT2D eigenvalue weighted by molar-refractivity contribution is -0.452. The lowest BCUT2D eigenvalue weighted by atomic mass is 10.0. The number of carbonyl (C=O) groups is 4. The number of hydrogen-bond donors (Lipinski definition) is 0. The number of aryl methyl sites for hydroxylation is 2. The van der Waals surface area contributed by atoms with E-state index in [4.69, 9.17) is 9.47 Å². The molecule has 0 unspecified atom stereocenters. The second-order valence-corrected chi connectivity index (χ2v) is 12.8. The lowest BCUT2D eigenvalue weighted by Gasteiger charge is -2.06. The van der Waals surface area contributed by atoms with E-state index >= 15 is 0 Å². The maximum Gasteiger partial charge on any atom is 0.543 e. The van der Waals surface area contributed by atoms with E-state index < -0.39 is 24.2 Å². The van der Waals surface area contributed by atoms with Gasteiger partial charge in [0, 0.05) is 0 Å². The number of hydrogen-bond acceptors (Lipinski definition) is 12. The summed E-state index contributed by atoms with van der Waals surface area (Å²) in [6.07, 6.45) is 19.1. The first-order valence-corrected chi connectivity index (χ1v) is 19.0. The summed E-state index contributed by atoms with van der Waals surface area (Å²) in [4.78, 5) is 64.8. The molecule has 0 radical (unpaired) electrons. The fourth-order valence-corrected chi connectivity index (χ4v) is 5.31. The summed E-state index contributed by atoms with van der Waals surface area (Å²) in [5.41, 5.74) is 2.86. The SMILES string of the molecule is CCCCc1ccc(C(=O)OOOC(=O)OCCCCCCCCCCCCCCCCOC(=O)OOOC(=O)c2ccc(CCCC)cc2)cc1. The van der Waals surface area contributed by atoms with Gasteiger partial charge in [-0.3, -0.25) is 9.78 Å². The molecule has 0 saturated carbocycles. The second kappa shape index (κ2) is 29.4. The standard InChI is InChI=1S/C40H58O12/c1-3-5-21-33-23-27-35(28-24-33)37(41)47-51-49-39(43)45-31-19-17-15-13-11-9-7-8-10-12-14-16-18-20-32-46-40(44)50-52-48-38(42)36-29-25-34(26-30-36)22-6-4-2/h23-30H,3-22,31-32H2,1-2H3. The van der Waals surface area contributed by atoms with Crippen molar-refractivity contribution in [2.24, 2.45) is 0 Å². The molecule has 52 heavy (non-hydrogen) atoms. The van der Waals surface area contributed by atoms with E-state index in [0.29, 0.717) is 11.1 Å². The van der Waals surface area contributed by atoms with Gasteiger partial charge in [-0.05, 0) is 73.9 Å². The van der Waals surface area contributed by atoms with Gasteiger partial charge < -0.3 is 9.47 Å². The first kappa shape index (κ1) is 44.0. The molecule has 12 nitrogen and oxygen atoms in total. The molecule has 0 amide bonds. The highest BCUT2D eigenvalue weighted by atomic mass is 17.5. The molecule has 0 heterocycles. The Bertz CT molecular complexity index is 1150. The fraction of sp³-hybridized carbons (Fsp3) is 0.600. The van der Waals surface area contributed by atoms with Gasteiger partial charge in [0.2, 0.25) is 0 Å². The third-order valence-electron chi connectivity index (χ3n) is 8.42. The highest BCUT2D eigenvalue weighted by molar-refractivity contribution is 5.89. The Morgan fingerprint density at radius 2 is 0.712 bits per heavy atom. The van der Waals surface area contributed by atoms with Crippen LogP contribution in [-0.4, -0.2) is 37.5 Å². The Balaban J connectivity index is 1.29. The van der Waals surface area contributed by atoms with Crippen LogP contribution in [0.15, 0.2) is 48.5 Å². The van der Waals surface area contributed by atoms with Crippen LogP contribution in [0, 0.1) is 0 Å². The van der Waals surface area contributed by atoms with E-state index in [9.17, 15) is 19.2 Å². The Hall–Kier alpha value is -4.16. The largest absolute Gasteiger partial charge is 0.543 e. The number of benzene rings is 2. The Morgan fingerprint density at radius 1 is 0.404 bits per heavy atom. The molecule has 0 aliphatic heterocycles. The fourth-order valence-electron chi connectivity index (χ4n) is 5.31. The molecule has 12 heteroatoms. The molecule has 0 bridgehead atoms. The van der Waals surface area contributed by atoms with Crippen molar-refractivity contribution < 1.29 is 58.3 Å². The molecule has 2 rings (SSSR count). The Labute approximate surface area is 308 Å². The zero-order valence-electron chi connectivity index (χ0n) is 31.1. The quantitative estimate of drug-likeness (QED) is 0.0340. The van der Waals surface area contributed by atoms with Crippen LogP contribution in [0.3, 0.4) is 0 Å². The lowest BCUT2D eigenvalue weighted by Crippen LogP contribution is -2.12. The molecule has 0 spiro atoms. The average Bonchev–Trinajstić information content (AvgIpc) is 3.16. The predicted octanol–water partition coefficient (Wildman–Crippen LogP) is 10.8. The molecule has 0 saturated heterocycles. The highest BCUT2D eigenvalue weighted by Gasteiger charge is 2.13. The monoisotopic (exact) mass is 730 g/mol. The van der Waals surface area contributed by atoms with Gasteiger partial charge in [0.1, 0.15) is 0 Å². The van der Waals surface area contributed by atoms with Crippen molar-refractivity contribution in [2.75, 3.05) is 13.2 Å². The summed E-state index contributed by atoms with van der Waals surface area (Å²) < 4.78 is 9.86. The van der Waals surface area contributed by atoms with E-state index in [1.54, 1.807) is 24.3 Å². The van der Waals surface area contributed by atoms with Gasteiger partial charge in [0.15, 0.2) is 0 Å². The maximum absolute atomic E-state index is 12.0. The molecular weight excluding hydrogens is 672 g/mol. The Morgan fingerprint density at radius 3 is 1.02 bits per heavy atom. The molecule has 0 aliphatic rings. The van der Waals surface area contributed by atoms with E-state index in [1.165, 1.54) is 38.5 Å². The number of rotatable bonds is 29. The number of ether oxygens (including phenoxy) is 2. The van der Waals surface area contributed by atoms with Crippen molar-refractivity contribution in [1.82, 2.24) is 0 Å². The average molecular weight is 731 g/mol. The summed E-state index contributed by atoms with van der Waals surface area (Å²) in [6, 6.07) is 14.0. The third kappa shape index (κ3) is 21.9. The van der Waals surface area contributed by atoms with Crippen LogP contribution in [0.5, 0.6) is 0 Å². The normalized spacial score (nSPS) is 10.7. The molecule has 2 aromatic rings. The summed E-state index contributed by atoms with van der Waals surface area (Å²) in [5, 5.41) is 8.55. The molecular formula is C40H58O12. The van der Waals surface area contributed by atoms with Crippen LogP contribution in [0.25, 0.3) is 0 Å². The van der Waals surface area contributed by atoms with Crippen LogP contribution in [0.4, 0.5) is 9.59 Å². The third-order valence-corrected chi connectivity index (χ3v) is 8.42. The summed E-state index contributed by atoms with van der Waals surface area (Å²) >= 11 is 0. The van der Waals surface area contributed by atoms with E-state index in [1.807, 2.05) is 24.3 Å². The van der Waals surface area contributed by atoms with Crippen molar-refractivity contribution in [3.8, 4) is 0 Å². The first-order chi connectivity index (χ1) is 25.4. The van der Waals surface area contributed by atoms with Crippen LogP contribution in [-0.2, 0) is 51.9 Å². The molecule has 0 N–H and O–H groups in total. The molecule has 0 aromatic heterocycles. The van der Waals surface area contributed by atoms with Gasteiger partial charge in [-0.15, -0.1) is 0 Å². The van der Waals surface area contributed by atoms with Gasteiger partial charge in [0.05, 0.1) is 34.4 Å². The van der Waals surface area contributed by atoms with E-state index in [0.717, 1.165) is 101 Å². The van der Waals surface area contributed by atoms with Crippen molar-refractivity contribution >= 4 is 24.2 Å². The number of carbonyl (C=O) groups excluding carboxylic acids is 4. The van der Waals surface area contributed by atoms with Gasteiger partial charge >= 0.3 is 24.2 Å². The minimum atomic E-state index is -1.05. The smallest absolute Gasteiger partial charge is 0.432 e. The van der Waals surface area contributed by atoms with Crippen molar-refractivity contribution in [3.05, 3.63) is 70.8 Å². The van der Waals surface area contributed by atoms with Crippen molar-refractivity contribution in [3.63, 3.8) is 0 Å². The minimum Gasteiger partial charge on any atom is -0.432 e. The molecule has 0 fully saturated rings. The van der Waals surface area contributed by atoms with Crippen LogP contribution in [0.2, 0.25) is 0 Å². The van der Waals surface area contributed by atoms with Gasteiger partial charge in [-0.25, -0.2) is 29.0 Å². The summed E-state index contributed by atoms with van der Waals surface area (Å²) in [6.45, 7) is 4.66.